The van der Waals surface area contributed by atoms with Crippen molar-refractivity contribution in [2.45, 2.75) is 26.5 Å². The lowest BCUT2D eigenvalue weighted by Gasteiger charge is -2.08. The Labute approximate surface area is 80.9 Å². The van der Waals surface area contributed by atoms with E-state index in [1.807, 2.05) is 0 Å². The second-order valence-electron chi connectivity index (χ2n) is 3.45. The average Bonchev–Trinajstić information content (AvgIpc) is 2.04. The molecule has 11 heavy (non-hydrogen) atoms. The van der Waals surface area contributed by atoms with Crippen molar-refractivity contribution >= 4 is 30.5 Å². The predicted molar refractivity (Wildman–Crippen MR) is 56.5 cm³/mol. The first-order valence-electron chi connectivity index (χ1n) is 4.32. The molecule has 0 aromatic rings. The summed E-state index contributed by atoms with van der Waals surface area (Å²) in [7, 11) is 1.27. The molecule has 0 saturated heterocycles. The quantitative estimate of drug-likeness (QED) is 0.451. The highest BCUT2D eigenvalue weighted by atomic mass is 35.5. The maximum Gasteiger partial charge on any atom is 0.121 e. The minimum absolute atomic E-state index is 0.666. The van der Waals surface area contributed by atoms with E-state index in [1.165, 1.54) is 19.9 Å². The van der Waals surface area contributed by atoms with E-state index in [9.17, 15) is 0 Å². The number of rotatable bonds is 6. The van der Waals surface area contributed by atoms with Crippen LogP contribution in [0.25, 0.3) is 0 Å². The highest BCUT2D eigenvalue weighted by Gasteiger charge is 2.04. The van der Waals surface area contributed by atoms with Crippen molar-refractivity contribution in [1.29, 1.82) is 0 Å². The molecule has 0 rings (SSSR count). The fourth-order valence-electron chi connectivity index (χ4n) is 0.969. The van der Waals surface area contributed by atoms with E-state index in [0.29, 0.717) is 11.8 Å². The first kappa shape index (κ1) is 11.6. The molecule has 0 aromatic carbocycles. The molecule has 2 atom stereocenters. The molecular weight excluding hydrogens is 178 g/mol. The van der Waals surface area contributed by atoms with Crippen molar-refractivity contribution in [3.8, 4) is 0 Å². The zero-order chi connectivity index (χ0) is 8.69. The molecule has 0 spiro atoms. The largest absolute Gasteiger partial charge is 0.126 e. The predicted octanol–water partition coefficient (Wildman–Crippen LogP) is 3.01. The van der Waals surface area contributed by atoms with Crippen LogP contribution in [-0.2, 0) is 0 Å². The molecule has 0 heterocycles. The fraction of sp³-hybridized carbons (Fsp3) is 1.00. The maximum atomic E-state index is 5.68. The van der Waals surface area contributed by atoms with E-state index in [-0.39, 0.29) is 0 Å². The van der Waals surface area contributed by atoms with Crippen LogP contribution in [0, 0.1) is 11.8 Å². The molecule has 0 aliphatic rings. The molecule has 0 nitrogen and oxygen atoms in total. The second-order valence-corrected chi connectivity index (χ2v) is 4.07. The molecule has 0 fully saturated rings. The summed E-state index contributed by atoms with van der Waals surface area (Å²) in [6.07, 6.45) is 2.48. The van der Waals surface area contributed by atoms with Crippen LogP contribution in [0.5, 0.6) is 0 Å². The van der Waals surface area contributed by atoms with Crippen molar-refractivity contribution in [3.05, 3.63) is 0 Å². The van der Waals surface area contributed by atoms with Crippen molar-refractivity contribution in [2.24, 2.45) is 11.8 Å². The van der Waals surface area contributed by atoms with E-state index in [0.717, 1.165) is 11.8 Å². The zero-order valence-electron chi connectivity index (χ0n) is 7.45. The Balaban J connectivity index is 3.13. The van der Waals surface area contributed by atoms with E-state index in [1.54, 1.807) is 0 Å². The zero-order valence-corrected chi connectivity index (χ0v) is 8.96. The Kier molecular flexibility index (Phi) is 7.73. The topological polar surface area (TPSA) is 0 Å². The van der Waals surface area contributed by atoms with Crippen molar-refractivity contribution in [3.63, 3.8) is 0 Å². The number of alkyl halides is 2. The van der Waals surface area contributed by atoms with Crippen LogP contribution in [-0.4, -0.2) is 19.0 Å². The van der Waals surface area contributed by atoms with Gasteiger partial charge in [0.2, 0.25) is 0 Å². The van der Waals surface area contributed by atoms with E-state index in [2.05, 4.69) is 13.8 Å². The SMILES string of the molecule is CC(CCl)CBCC(C)CCl. The number of halogens is 2. The van der Waals surface area contributed by atoms with E-state index < -0.39 is 0 Å². The molecule has 3 heteroatoms. The van der Waals surface area contributed by atoms with E-state index in [4.69, 9.17) is 23.2 Å². The smallest absolute Gasteiger partial charge is 0.121 e. The Morgan fingerprint density at radius 1 is 1.00 bits per heavy atom. The maximum absolute atomic E-state index is 5.68. The lowest BCUT2D eigenvalue weighted by molar-refractivity contribution is 0.708. The van der Waals surface area contributed by atoms with E-state index >= 15 is 0 Å². The standard InChI is InChI=1S/C8H17BCl2/c1-7(5-10)3-9-4-8(2)6-11/h7-9H,3-6H2,1-2H3. The minimum Gasteiger partial charge on any atom is -0.126 e. The van der Waals surface area contributed by atoms with Gasteiger partial charge in [-0.05, 0) is 11.8 Å². The third kappa shape index (κ3) is 7.02. The summed E-state index contributed by atoms with van der Waals surface area (Å²) in [5.41, 5.74) is 0. The molecule has 0 aliphatic heterocycles. The second kappa shape index (κ2) is 7.30. The summed E-state index contributed by atoms with van der Waals surface area (Å²) >= 11 is 11.4. The lowest BCUT2D eigenvalue weighted by atomic mass is 9.64. The van der Waals surface area contributed by atoms with Gasteiger partial charge in [-0.3, -0.25) is 0 Å². The first-order valence-corrected chi connectivity index (χ1v) is 5.39. The molecule has 0 saturated carbocycles. The number of hydrogen-bond donors (Lipinski definition) is 0. The fourth-order valence-corrected chi connectivity index (χ4v) is 1.28. The molecule has 0 bridgehead atoms. The van der Waals surface area contributed by atoms with Crippen molar-refractivity contribution in [2.75, 3.05) is 11.8 Å². The van der Waals surface area contributed by atoms with Gasteiger partial charge in [0, 0.05) is 11.8 Å². The van der Waals surface area contributed by atoms with Crippen LogP contribution >= 0.6 is 23.2 Å². The van der Waals surface area contributed by atoms with Crippen LogP contribution in [0.3, 0.4) is 0 Å². The van der Waals surface area contributed by atoms with Gasteiger partial charge in [0.25, 0.3) is 0 Å². The Morgan fingerprint density at radius 2 is 1.36 bits per heavy atom. The van der Waals surface area contributed by atoms with Gasteiger partial charge in [-0.15, -0.1) is 23.2 Å². The summed E-state index contributed by atoms with van der Waals surface area (Å²) < 4.78 is 0. The van der Waals surface area contributed by atoms with Crippen molar-refractivity contribution < 1.29 is 0 Å². The molecule has 0 radical (unpaired) electrons. The van der Waals surface area contributed by atoms with Crippen LogP contribution in [0.15, 0.2) is 0 Å². The molecule has 0 N–H and O–H groups in total. The minimum atomic E-state index is 0.666. The monoisotopic (exact) mass is 194 g/mol. The Morgan fingerprint density at radius 3 is 1.64 bits per heavy atom. The lowest BCUT2D eigenvalue weighted by Crippen LogP contribution is -2.05. The van der Waals surface area contributed by atoms with Gasteiger partial charge in [0.05, 0.1) is 0 Å². The van der Waals surface area contributed by atoms with Gasteiger partial charge in [-0.2, -0.15) is 0 Å². The van der Waals surface area contributed by atoms with Crippen LogP contribution in [0.1, 0.15) is 13.8 Å². The molecule has 0 amide bonds. The number of hydrogen-bond acceptors (Lipinski definition) is 0. The highest BCUT2D eigenvalue weighted by molar-refractivity contribution is 6.36. The molecule has 0 aliphatic carbocycles. The van der Waals surface area contributed by atoms with Crippen LogP contribution in [0.2, 0.25) is 12.6 Å². The molecular formula is C8H17BCl2. The summed E-state index contributed by atoms with van der Waals surface area (Å²) in [4.78, 5) is 0. The third-order valence-corrected chi connectivity index (χ3v) is 2.97. The normalized spacial score (nSPS) is 16.0. The van der Waals surface area contributed by atoms with Crippen molar-refractivity contribution in [1.82, 2.24) is 0 Å². The van der Waals surface area contributed by atoms with Gasteiger partial charge in [-0.1, -0.05) is 26.5 Å². The summed E-state index contributed by atoms with van der Waals surface area (Å²) in [6, 6.07) is 0. The van der Waals surface area contributed by atoms with Gasteiger partial charge < -0.3 is 0 Å². The van der Waals surface area contributed by atoms with Crippen LogP contribution in [0.4, 0.5) is 0 Å². The first-order chi connectivity index (χ1) is 5.20. The summed E-state index contributed by atoms with van der Waals surface area (Å²) in [5, 5.41) is 0. The Hall–Kier alpha value is 0.645. The van der Waals surface area contributed by atoms with Gasteiger partial charge in [0.15, 0.2) is 0 Å². The van der Waals surface area contributed by atoms with Crippen LogP contribution < -0.4 is 0 Å². The third-order valence-electron chi connectivity index (χ3n) is 1.92. The van der Waals surface area contributed by atoms with Gasteiger partial charge in [0.1, 0.15) is 7.28 Å². The average molecular weight is 195 g/mol. The van der Waals surface area contributed by atoms with Gasteiger partial charge in [-0.25, -0.2) is 0 Å². The summed E-state index contributed by atoms with van der Waals surface area (Å²) in [6.45, 7) is 4.39. The molecule has 66 valence electrons. The summed E-state index contributed by atoms with van der Waals surface area (Å²) in [5.74, 6) is 2.91. The molecule has 0 aromatic heterocycles. The Bertz CT molecular complexity index is 78.2. The highest BCUT2D eigenvalue weighted by Crippen LogP contribution is 2.10. The van der Waals surface area contributed by atoms with Gasteiger partial charge >= 0.3 is 0 Å². The molecule has 2 unspecified atom stereocenters.